The highest BCUT2D eigenvalue weighted by molar-refractivity contribution is 5.72. The molecule has 3 heteroatoms. The van der Waals surface area contributed by atoms with Gasteiger partial charge in [-0.25, -0.2) is 9.37 Å². The molecule has 0 atom stereocenters. The van der Waals surface area contributed by atoms with E-state index in [1.165, 1.54) is 12.1 Å². The van der Waals surface area contributed by atoms with E-state index in [2.05, 4.69) is 4.98 Å². The molecule has 0 saturated carbocycles. The van der Waals surface area contributed by atoms with Gasteiger partial charge in [0.05, 0.1) is 7.11 Å². The number of halogens is 1. The van der Waals surface area contributed by atoms with Gasteiger partial charge in [0.2, 0.25) is 5.88 Å². The van der Waals surface area contributed by atoms with Crippen LogP contribution in [0.2, 0.25) is 0 Å². The van der Waals surface area contributed by atoms with Gasteiger partial charge >= 0.3 is 0 Å². The fraction of sp³-hybridized carbons (Fsp3) is 0.214. The summed E-state index contributed by atoms with van der Waals surface area (Å²) < 4.78 is 18.5. The van der Waals surface area contributed by atoms with Crippen LogP contribution < -0.4 is 4.74 Å². The van der Waals surface area contributed by atoms with Gasteiger partial charge in [-0.05, 0) is 43.2 Å². The predicted molar refractivity (Wildman–Crippen MR) is 65.7 cm³/mol. The van der Waals surface area contributed by atoms with Gasteiger partial charge in [0.1, 0.15) is 5.82 Å². The van der Waals surface area contributed by atoms with Gasteiger partial charge < -0.3 is 4.74 Å². The molecular formula is C14H14FNO. The molecule has 0 bridgehead atoms. The first kappa shape index (κ1) is 11.6. The number of benzene rings is 1. The first-order valence-corrected chi connectivity index (χ1v) is 5.40. The van der Waals surface area contributed by atoms with Crippen molar-refractivity contribution in [2.45, 2.75) is 13.8 Å². The largest absolute Gasteiger partial charge is 0.481 e. The van der Waals surface area contributed by atoms with Crippen LogP contribution in [0, 0.1) is 19.7 Å². The van der Waals surface area contributed by atoms with Crippen LogP contribution in [-0.2, 0) is 0 Å². The number of ether oxygens (including phenoxy) is 1. The molecule has 1 aromatic heterocycles. The zero-order valence-electron chi connectivity index (χ0n) is 10.1. The lowest BCUT2D eigenvalue weighted by atomic mass is 10.0. The average molecular weight is 231 g/mol. The van der Waals surface area contributed by atoms with Gasteiger partial charge in [0.15, 0.2) is 0 Å². The van der Waals surface area contributed by atoms with Crippen LogP contribution in [0.4, 0.5) is 4.39 Å². The van der Waals surface area contributed by atoms with E-state index in [1.807, 2.05) is 26.0 Å². The second-order valence-corrected chi connectivity index (χ2v) is 3.98. The highest BCUT2D eigenvalue weighted by atomic mass is 19.1. The molecule has 0 aliphatic rings. The number of hydrogen-bond donors (Lipinski definition) is 0. The molecule has 1 aromatic carbocycles. The Kier molecular flexibility index (Phi) is 3.09. The minimum absolute atomic E-state index is 0.260. The standard InChI is InChI=1S/C14H14FNO/c1-9-7-10(2)16-14(17-3)13(9)11-5-4-6-12(15)8-11/h4-8H,1-3H3. The van der Waals surface area contributed by atoms with Crippen molar-refractivity contribution in [3.05, 3.63) is 47.4 Å². The zero-order valence-corrected chi connectivity index (χ0v) is 10.1. The van der Waals surface area contributed by atoms with Crippen molar-refractivity contribution in [2.75, 3.05) is 7.11 Å². The van der Waals surface area contributed by atoms with E-state index in [0.717, 1.165) is 22.4 Å². The average Bonchev–Trinajstić information content (AvgIpc) is 2.27. The molecule has 88 valence electrons. The topological polar surface area (TPSA) is 22.1 Å². The van der Waals surface area contributed by atoms with Gasteiger partial charge in [0.25, 0.3) is 0 Å². The maximum Gasteiger partial charge on any atom is 0.221 e. The molecule has 17 heavy (non-hydrogen) atoms. The molecule has 2 rings (SSSR count). The van der Waals surface area contributed by atoms with Crippen molar-refractivity contribution in [1.82, 2.24) is 4.98 Å². The molecule has 0 spiro atoms. The predicted octanol–water partition coefficient (Wildman–Crippen LogP) is 3.51. The van der Waals surface area contributed by atoms with E-state index in [0.29, 0.717) is 5.88 Å². The molecule has 1 heterocycles. The SMILES string of the molecule is COc1nc(C)cc(C)c1-c1cccc(F)c1. The number of aryl methyl sites for hydroxylation is 2. The van der Waals surface area contributed by atoms with E-state index in [-0.39, 0.29) is 5.82 Å². The summed E-state index contributed by atoms with van der Waals surface area (Å²) in [6.07, 6.45) is 0. The second-order valence-electron chi connectivity index (χ2n) is 3.98. The quantitative estimate of drug-likeness (QED) is 0.789. The Morgan fingerprint density at radius 3 is 2.59 bits per heavy atom. The minimum Gasteiger partial charge on any atom is -0.481 e. The Bertz CT molecular complexity index is 552. The normalized spacial score (nSPS) is 10.4. The van der Waals surface area contributed by atoms with Crippen molar-refractivity contribution in [3.63, 3.8) is 0 Å². The lowest BCUT2D eigenvalue weighted by Gasteiger charge is -2.12. The van der Waals surface area contributed by atoms with Crippen LogP contribution in [0.3, 0.4) is 0 Å². The Hall–Kier alpha value is -1.90. The van der Waals surface area contributed by atoms with Gasteiger partial charge in [0, 0.05) is 11.3 Å². The third-order valence-electron chi connectivity index (χ3n) is 2.62. The molecule has 0 aliphatic carbocycles. The third-order valence-corrected chi connectivity index (χ3v) is 2.62. The van der Waals surface area contributed by atoms with Crippen molar-refractivity contribution in [1.29, 1.82) is 0 Å². The van der Waals surface area contributed by atoms with Gasteiger partial charge in [-0.3, -0.25) is 0 Å². The molecule has 0 radical (unpaired) electrons. The number of nitrogens with zero attached hydrogens (tertiary/aromatic N) is 1. The van der Waals surface area contributed by atoms with Crippen molar-refractivity contribution >= 4 is 0 Å². The Balaban J connectivity index is 2.66. The summed E-state index contributed by atoms with van der Waals surface area (Å²) >= 11 is 0. The lowest BCUT2D eigenvalue weighted by Crippen LogP contribution is -1.96. The van der Waals surface area contributed by atoms with E-state index in [9.17, 15) is 4.39 Å². The smallest absolute Gasteiger partial charge is 0.221 e. The maximum absolute atomic E-state index is 13.2. The Morgan fingerprint density at radius 1 is 1.18 bits per heavy atom. The fourth-order valence-corrected chi connectivity index (χ4v) is 1.95. The van der Waals surface area contributed by atoms with Gasteiger partial charge in [-0.2, -0.15) is 0 Å². The van der Waals surface area contributed by atoms with Crippen LogP contribution in [0.25, 0.3) is 11.1 Å². The first-order chi connectivity index (χ1) is 8.11. The minimum atomic E-state index is -0.260. The van der Waals surface area contributed by atoms with Gasteiger partial charge in [-0.1, -0.05) is 12.1 Å². The number of pyridine rings is 1. The number of aromatic nitrogens is 1. The first-order valence-electron chi connectivity index (χ1n) is 5.40. The molecule has 0 aliphatic heterocycles. The lowest BCUT2D eigenvalue weighted by molar-refractivity contribution is 0.398. The zero-order chi connectivity index (χ0) is 12.4. The molecule has 0 fully saturated rings. The van der Waals surface area contributed by atoms with Crippen LogP contribution in [0.1, 0.15) is 11.3 Å². The van der Waals surface area contributed by atoms with Crippen molar-refractivity contribution < 1.29 is 9.13 Å². The molecule has 2 nitrogen and oxygen atoms in total. The third kappa shape index (κ3) is 2.28. The number of hydrogen-bond acceptors (Lipinski definition) is 2. The molecule has 0 N–H and O–H groups in total. The van der Waals surface area contributed by atoms with E-state index in [4.69, 9.17) is 4.74 Å². The van der Waals surface area contributed by atoms with E-state index < -0.39 is 0 Å². The summed E-state index contributed by atoms with van der Waals surface area (Å²) in [5, 5.41) is 0. The van der Waals surface area contributed by atoms with Crippen LogP contribution in [-0.4, -0.2) is 12.1 Å². The molecule has 2 aromatic rings. The summed E-state index contributed by atoms with van der Waals surface area (Å²) in [5.41, 5.74) is 3.55. The highest BCUT2D eigenvalue weighted by Crippen LogP contribution is 2.32. The Labute approximate surface area is 100 Å². The highest BCUT2D eigenvalue weighted by Gasteiger charge is 2.12. The summed E-state index contributed by atoms with van der Waals surface area (Å²) in [7, 11) is 1.57. The summed E-state index contributed by atoms with van der Waals surface area (Å²) in [4.78, 5) is 4.31. The van der Waals surface area contributed by atoms with Crippen LogP contribution in [0.5, 0.6) is 5.88 Å². The van der Waals surface area contributed by atoms with E-state index in [1.54, 1.807) is 13.2 Å². The molecule has 0 amide bonds. The molecule has 0 unspecified atom stereocenters. The fourth-order valence-electron chi connectivity index (χ4n) is 1.95. The Morgan fingerprint density at radius 2 is 1.94 bits per heavy atom. The number of rotatable bonds is 2. The maximum atomic E-state index is 13.2. The molecular weight excluding hydrogens is 217 g/mol. The van der Waals surface area contributed by atoms with E-state index >= 15 is 0 Å². The monoisotopic (exact) mass is 231 g/mol. The van der Waals surface area contributed by atoms with Crippen LogP contribution in [0.15, 0.2) is 30.3 Å². The van der Waals surface area contributed by atoms with Crippen molar-refractivity contribution in [2.24, 2.45) is 0 Å². The van der Waals surface area contributed by atoms with Crippen LogP contribution >= 0.6 is 0 Å². The van der Waals surface area contributed by atoms with Gasteiger partial charge in [-0.15, -0.1) is 0 Å². The van der Waals surface area contributed by atoms with Crippen molar-refractivity contribution in [3.8, 4) is 17.0 Å². The molecule has 0 saturated heterocycles. The number of methoxy groups -OCH3 is 1. The summed E-state index contributed by atoms with van der Waals surface area (Å²) in [6.45, 7) is 3.88. The summed E-state index contributed by atoms with van der Waals surface area (Å²) in [5.74, 6) is 0.276. The second kappa shape index (κ2) is 4.53. The summed E-state index contributed by atoms with van der Waals surface area (Å²) in [6, 6.07) is 8.41.